The van der Waals surface area contributed by atoms with Crippen LogP contribution in [0.2, 0.25) is 0 Å². The van der Waals surface area contributed by atoms with E-state index in [0.29, 0.717) is 0 Å². The standard InChI is InChI=1S/C48H29NOS/c1-2-6-30(7-3-1)31-10-18-37(19-11-31)49(39-22-14-33(15-23-39)35-17-25-47-42(26-35)40-8-4-5-9-46(40)51-47)38-20-12-32(13-21-38)34-16-24-44-43(27-34)48-41-28-36(41)29-45(48)50-44/h1-29H. The van der Waals surface area contributed by atoms with Gasteiger partial charge in [0, 0.05) is 48.0 Å². The van der Waals surface area contributed by atoms with Crippen molar-refractivity contribution >= 4 is 70.5 Å². The van der Waals surface area contributed by atoms with Gasteiger partial charge in [0.25, 0.3) is 0 Å². The summed E-state index contributed by atoms with van der Waals surface area (Å²) >= 11 is 1.86. The lowest BCUT2D eigenvalue weighted by molar-refractivity contribution is 0.670. The summed E-state index contributed by atoms with van der Waals surface area (Å²) < 4.78 is 8.79. The van der Waals surface area contributed by atoms with Gasteiger partial charge in [-0.3, -0.25) is 0 Å². The summed E-state index contributed by atoms with van der Waals surface area (Å²) in [6.07, 6.45) is 0. The number of nitrogens with zero attached hydrogens (tertiary/aromatic N) is 1. The molecule has 0 saturated heterocycles. The molecule has 2 heterocycles. The Balaban J connectivity index is 0.969. The molecule has 0 amide bonds. The Morgan fingerprint density at radius 1 is 0.353 bits per heavy atom. The van der Waals surface area contributed by atoms with E-state index in [1.165, 1.54) is 75.5 Å². The van der Waals surface area contributed by atoms with Crippen LogP contribution in [0.5, 0.6) is 0 Å². The Bertz CT molecular complexity index is 2930. The number of thiophene rings is 1. The molecule has 9 aromatic rings. The van der Waals surface area contributed by atoms with Gasteiger partial charge in [0.2, 0.25) is 0 Å². The van der Waals surface area contributed by atoms with E-state index in [2.05, 4.69) is 181 Å². The molecule has 0 N–H and O–H groups in total. The Morgan fingerprint density at radius 2 is 0.882 bits per heavy atom. The quantitative estimate of drug-likeness (QED) is 0.175. The summed E-state index contributed by atoms with van der Waals surface area (Å²) in [6, 6.07) is 63.8. The van der Waals surface area contributed by atoms with Crippen molar-refractivity contribution in [1.29, 1.82) is 0 Å². The average molecular weight is 668 g/mol. The monoisotopic (exact) mass is 667 g/mol. The molecule has 0 fully saturated rings. The summed E-state index contributed by atoms with van der Waals surface area (Å²) in [5.41, 5.74) is 15.1. The van der Waals surface area contributed by atoms with Crippen LogP contribution in [0.25, 0.3) is 86.6 Å². The van der Waals surface area contributed by atoms with E-state index in [-0.39, 0.29) is 0 Å². The first-order valence-corrected chi connectivity index (χ1v) is 18.1. The summed E-state index contributed by atoms with van der Waals surface area (Å²) in [7, 11) is 0. The molecule has 0 bridgehead atoms. The van der Waals surface area contributed by atoms with Gasteiger partial charge in [0.05, 0.1) is 0 Å². The maximum Gasteiger partial charge on any atom is 0.136 e. The lowest BCUT2D eigenvalue weighted by Crippen LogP contribution is -2.09. The van der Waals surface area contributed by atoms with Gasteiger partial charge >= 0.3 is 0 Å². The third kappa shape index (κ3) is 4.70. The van der Waals surface area contributed by atoms with E-state index in [1.807, 2.05) is 11.3 Å². The number of anilines is 3. The number of furan rings is 1. The van der Waals surface area contributed by atoms with Crippen molar-refractivity contribution in [3.63, 3.8) is 0 Å². The van der Waals surface area contributed by atoms with E-state index in [9.17, 15) is 0 Å². The summed E-state index contributed by atoms with van der Waals surface area (Å²) in [6.45, 7) is 0. The topological polar surface area (TPSA) is 16.4 Å². The Morgan fingerprint density at radius 3 is 1.57 bits per heavy atom. The molecule has 3 heteroatoms. The van der Waals surface area contributed by atoms with Crippen LogP contribution in [0.1, 0.15) is 0 Å². The molecule has 0 unspecified atom stereocenters. The summed E-state index contributed by atoms with van der Waals surface area (Å²) in [5, 5.41) is 5.08. The minimum absolute atomic E-state index is 0.945. The molecule has 0 saturated carbocycles. The predicted molar refractivity (Wildman–Crippen MR) is 217 cm³/mol. The largest absolute Gasteiger partial charge is 0.456 e. The average Bonchev–Trinajstić information content (AvgIpc) is 3.51. The fourth-order valence-electron chi connectivity index (χ4n) is 7.66. The van der Waals surface area contributed by atoms with Gasteiger partial charge in [-0.15, -0.1) is 11.3 Å². The normalized spacial score (nSPS) is 11.9. The van der Waals surface area contributed by atoms with Crippen LogP contribution in [-0.4, -0.2) is 0 Å². The zero-order valence-corrected chi connectivity index (χ0v) is 28.3. The first-order valence-electron chi connectivity index (χ1n) is 17.3. The van der Waals surface area contributed by atoms with Crippen LogP contribution in [-0.2, 0) is 0 Å². The lowest BCUT2D eigenvalue weighted by atomic mass is 10.0. The van der Waals surface area contributed by atoms with Crippen LogP contribution in [0, 0.1) is 0 Å². The van der Waals surface area contributed by atoms with Crippen LogP contribution >= 0.6 is 11.3 Å². The van der Waals surface area contributed by atoms with Gasteiger partial charge in [0.15, 0.2) is 0 Å². The number of hydrogen-bond acceptors (Lipinski definition) is 3. The Hall–Kier alpha value is -6.42. The van der Waals surface area contributed by atoms with Gasteiger partial charge in [-0.1, -0.05) is 97.1 Å². The maximum atomic E-state index is 6.13. The molecule has 0 atom stereocenters. The highest BCUT2D eigenvalue weighted by Crippen LogP contribution is 2.48. The minimum Gasteiger partial charge on any atom is -0.456 e. The summed E-state index contributed by atoms with van der Waals surface area (Å²) in [5.74, 6) is 0. The van der Waals surface area contributed by atoms with Crippen LogP contribution in [0.3, 0.4) is 0 Å². The van der Waals surface area contributed by atoms with Crippen LogP contribution in [0.15, 0.2) is 180 Å². The smallest absolute Gasteiger partial charge is 0.136 e. The first kappa shape index (κ1) is 28.4. The zero-order valence-electron chi connectivity index (χ0n) is 27.5. The molecular formula is C48H29NOS. The first-order chi connectivity index (χ1) is 25.2. The molecule has 51 heavy (non-hydrogen) atoms. The second kappa shape index (κ2) is 11.0. The summed E-state index contributed by atoms with van der Waals surface area (Å²) in [4.78, 5) is 2.34. The van der Waals surface area contributed by atoms with E-state index >= 15 is 0 Å². The number of fused-ring (bicyclic) bond motifs is 8. The zero-order chi connectivity index (χ0) is 33.5. The highest BCUT2D eigenvalue weighted by atomic mass is 32.1. The maximum absolute atomic E-state index is 6.13. The molecular weight excluding hydrogens is 639 g/mol. The molecule has 0 radical (unpaired) electrons. The number of rotatable bonds is 6. The molecule has 11 rings (SSSR count). The van der Waals surface area contributed by atoms with Gasteiger partial charge < -0.3 is 9.32 Å². The molecule has 7 aromatic carbocycles. The third-order valence-electron chi connectivity index (χ3n) is 10.3. The van der Waals surface area contributed by atoms with Crippen molar-refractivity contribution in [2.75, 3.05) is 4.90 Å². The second-order valence-corrected chi connectivity index (χ2v) is 14.4. The number of benzene rings is 8. The minimum atomic E-state index is 0.945. The molecule has 2 aromatic heterocycles. The fraction of sp³-hybridized carbons (Fsp3) is 0. The fourth-order valence-corrected chi connectivity index (χ4v) is 8.75. The molecule has 2 nitrogen and oxygen atoms in total. The predicted octanol–water partition coefficient (Wildman–Crippen LogP) is 14.4. The molecule has 238 valence electrons. The van der Waals surface area contributed by atoms with Gasteiger partial charge in [0.1, 0.15) is 11.2 Å². The Kier molecular flexibility index (Phi) is 6.16. The van der Waals surface area contributed by atoms with Crippen LogP contribution < -0.4 is 4.90 Å². The van der Waals surface area contributed by atoms with Crippen LogP contribution in [0.4, 0.5) is 17.1 Å². The lowest BCUT2D eigenvalue weighted by Gasteiger charge is -2.26. The highest BCUT2D eigenvalue weighted by Gasteiger charge is 2.23. The van der Waals surface area contributed by atoms with Crippen molar-refractivity contribution in [2.24, 2.45) is 0 Å². The van der Waals surface area contributed by atoms with Crippen molar-refractivity contribution in [1.82, 2.24) is 0 Å². The SMILES string of the molecule is c1ccc(-c2ccc(N(c3ccc(-c4ccc5sc6ccccc6c5c4)cc3)c3ccc(-c4ccc5oc6cc7cc-7c6c5c4)cc3)cc2)cc1. The molecule has 2 aliphatic rings. The van der Waals surface area contributed by atoms with Crippen molar-refractivity contribution in [2.45, 2.75) is 0 Å². The second-order valence-electron chi connectivity index (χ2n) is 13.4. The van der Waals surface area contributed by atoms with Crippen molar-refractivity contribution in [3.05, 3.63) is 176 Å². The number of hydrogen-bond donors (Lipinski definition) is 0. The van der Waals surface area contributed by atoms with Gasteiger partial charge in [-0.2, -0.15) is 0 Å². The highest BCUT2D eigenvalue weighted by molar-refractivity contribution is 7.25. The molecule has 0 spiro atoms. The molecule has 0 aliphatic heterocycles. The van der Waals surface area contributed by atoms with E-state index in [1.54, 1.807) is 0 Å². The molecule has 2 aliphatic carbocycles. The Labute approximate surface area is 299 Å². The van der Waals surface area contributed by atoms with E-state index in [4.69, 9.17) is 4.42 Å². The van der Waals surface area contributed by atoms with Gasteiger partial charge in [-0.05, 0) is 123 Å². The van der Waals surface area contributed by atoms with E-state index < -0.39 is 0 Å². The third-order valence-corrected chi connectivity index (χ3v) is 11.5. The van der Waals surface area contributed by atoms with Crippen molar-refractivity contribution < 1.29 is 4.42 Å². The van der Waals surface area contributed by atoms with Crippen molar-refractivity contribution in [3.8, 4) is 44.5 Å². The van der Waals surface area contributed by atoms with Gasteiger partial charge in [-0.25, -0.2) is 0 Å². The van der Waals surface area contributed by atoms with E-state index in [0.717, 1.165) is 28.2 Å².